The van der Waals surface area contributed by atoms with Gasteiger partial charge in [-0.1, -0.05) is 12.8 Å². The number of anilines is 1. The molecule has 3 fully saturated rings. The zero-order chi connectivity index (χ0) is 27.8. The van der Waals surface area contributed by atoms with Gasteiger partial charge in [0.15, 0.2) is 0 Å². The van der Waals surface area contributed by atoms with Crippen LogP contribution in [0.1, 0.15) is 65.7 Å². The Labute approximate surface area is 214 Å². The number of likely N-dealkylation sites (tertiary alicyclic amines) is 1. The molecule has 5 rings (SSSR count). The molecule has 1 aromatic rings. The second-order valence-corrected chi connectivity index (χ2v) is 9.66. The molecule has 0 radical (unpaired) electrons. The first kappa shape index (κ1) is 27.5. The number of nitrogens with one attached hydrogen (secondary N) is 2. The maximum Gasteiger partial charge on any atom is 0.490 e. The number of hydrogen-bond acceptors (Lipinski definition) is 7. The number of amides is 4. The predicted molar refractivity (Wildman–Crippen MR) is 123 cm³/mol. The summed E-state index contributed by atoms with van der Waals surface area (Å²) in [6.45, 7) is 1.70. The van der Waals surface area contributed by atoms with Gasteiger partial charge in [-0.3, -0.25) is 34.3 Å². The number of benzene rings is 1. The van der Waals surface area contributed by atoms with Gasteiger partial charge in [0.05, 0.1) is 16.8 Å². The second kappa shape index (κ2) is 10.7. The number of carboxylic acids is 1. The smallest absolute Gasteiger partial charge is 0.475 e. The molecule has 2 saturated heterocycles. The van der Waals surface area contributed by atoms with E-state index in [1.807, 2.05) is 0 Å². The molecule has 206 valence electrons. The summed E-state index contributed by atoms with van der Waals surface area (Å²) in [6, 6.07) is 1.97. The zero-order valence-corrected chi connectivity index (χ0v) is 20.1. The lowest BCUT2D eigenvalue weighted by Gasteiger charge is -2.28. The summed E-state index contributed by atoms with van der Waals surface area (Å²) in [7, 11) is 0. The van der Waals surface area contributed by atoms with Crippen LogP contribution in [0.4, 0.5) is 23.2 Å². The fourth-order valence-corrected chi connectivity index (χ4v) is 5.38. The number of nitrogens with zero attached hydrogens (tertiary/aromatic N) is 2. The van der Waals surface area contributed by atoms with Crippen molar-refractivity contribution < 1.29 is 46.6 Å². The van der Waals surface area contributed by atoms with Gasteiger partial charge in [0.2, 0.25) is 11.8 Å². The van der Waals surface area contributed by atoms with E-state index >= 15 is 0 Å². The monoisotopic (exact) mass is 542 g/mol. The molecule has 0 spiro atoms. The van der Waals surface area contributed by atoms with Crippen LogP contribution in [0.15, 0.2) is 12.1 Å². The Kier molecular flexibility index (Phi) is 7.72. The molecule has 1 aliphatic carbocycles. The topological polar surface area (TPSA) is 136 Å². The Bertz CT molecular complexity index is 1170. The first-order chi connectivity index (χ1) is 17.9. The molecule has 4 amide bonds. The molecule has 3 aliphatic heterocycles. The van der Waals surface area contributed by atoms with Gasteiger partial charge in [-0.15, -0.1) is 0 Å². The number of hydrogen-bond donors (Lipinski definition) is 3. The van der Waals surface area contributed by atoms with Crippen molar-refractivity contribution in [1.82, 2.24) is 15.1 Å². The maximum absolute atomic E-state index is 14.8. The van der Waals surface area contributed by atoms with Gasteiger partial charge in [0.25, 0.3) is 11.8 Å². The summed E-state index contributed by atoms with van der Waals surface area (Å²) in [5.74, 6) is -5.78. The molecule has 0 aromatic heterocycles. The lowest BCUT2D eigenvalue weighted by Crippen LogP contribution is -2.54. The second-order valence-electron chi connectivity index (χ2n) is 9.66. The van der Waals surface area contributed by atoms with Crippen LogP contribution in [0.3, 0.4) is 0 Å². The molecule has 2 unspecified atom stereocenters. The van der Waals surface area contributed by atoms with E-state index in [1.54, 1.807) is 0 Å². The number of rotatable bonds is 4. The Morgan fingerprint density at radius 2 is 1.68 bits per heavy atom. The highest BCUT2D eigenvalue weighted by Gasteiger charge is 2.46. The highest BCUT2D eigenvalue weighted by Crippen LogP contribution is 2.35. The molecule has 38 heavy (non-hydrogen) atoms. The number of carbonyl (C=O) groups excluding carboxylic acids is 4. The van der Waals surface area contributed by atoms with Crippen molar-refractivity contribution in [3.8, 4) is 0 Å². The number of fused-ring (bicyclic) bond motifs is 1. The Morgan fingerprint density at radius 1 is 1.03 bits per heavy atom. The van der Waals surface area contributed by atoms with Gasteiger partial charge in [-0.25, -0.2) is 9.18 Å². The molecule has 3 heterocycles. The first-order valence-electron chi connectivity index (χ1n) is 12.2. The van der Waals surface area contributed by atoms with Crippen molar-refractivity contribution >= 4 is 35.3 Å². The van der Waals surface area contributed by atoms with E-state index in [0.29, 0.717) is 6.04 Å². The average Bonchev–Trinajstić information content (AvgIpc) is 3.57. The van der Waals surface area contributed by atoms with E-state index in [0.717, 1.165) is 24.4 Å². The third-order valence-electron chi connectivity index (χ3n) is 7.21. The van der Waals surface area contributed by atoms with E-state index in [2.05, 4.69) is 15.5 Å². The molecule has 10 nitrogen and oxygen atoms in total. The minimum Gasteiger partial charge on any atom is -0.475 e. The predicted octanol–water partition coefficient (Wildman–Crippen LogP) is 2.29. The van der Waals surface area contributed by atoms with Gasteiger partial charge in [0.1, 0.15) is 11.9 Å². The van der Waals surface area contributed by atoms with Gasteiger partial charge in [-0.05, 0) is 37.8 Å². The van der Waals surface area contributed by atoms with E-state index in [4.69, 9.17) is 9.90 Å². The van der Waals surface area contributed by atoms with Crippen LogP contribution in [0.2, 0.25) is 0 Å². The summed E-state index contributed by atoms with van der Waals surface area (Å²) in [5, 5.41) is 12.5. The van der Waals surface area contributed by atoms with Crippen LogP contribution in [-0.2, 0) is 14.4 Å². The zero-order valence-electron chi connectivity index (χ0n) is 20.1. The lowest BCUT2D eigenvalue weighted by atomic mass is 10.0. The van der Waals surface area contributed by atoms with Crippen LogP contribution in [0, 0.1) is 5.82 Å². The Hall–Kier alpha value is -3.55. The molecule has 14 heteroatoms. The fourth-order valence-electron chi connectivity index (χ4n) is 5.38. The van der Waals surface area contributed by atoms with Crippen LogP contribution >= 0.6 is 0 Å². The van der Waals surface area contributed by atoms with Crippen LogP contribution in [0.5, 0.6) is 0 Å². The minimum atomic E-state index is -5.08. The number of carbonyl (C=O) groups is 5. The summed E-state index contributed by atoms with van der Waals surface area (Å²) in [5.41, 5.74) is 0.0992. The lowest BCUT2D eigenvalue weighted by molar-refractivity contribution is -0.192. The van der Waals surface area contributed by atoms with E-state index in [9.17, 15) is 36.7 Å². The number of piperidine rings is 1. The molecule has 1 saturated carbocycles. The summed E-state index contributed by atoms with van der Waals surface area (Å²) >= 11 is 0. The summed E-state index contributed by atoms with van der Waals surface area (Å²) in [4.78, 5) is 62.0. The van der Waals surface area contributed by atoms with Gasteiger partial charge in [0, 0.05) is 31.6 Å². The Morgan fingerprint density at radius 3 is 2.29 bits per heavy atom. The molecule has 3 N–H and O–H groups in total. The highest BCUT2D eigenvalue weighted by molar-refractivity contribution is 6.25. The van der Waals surface area contributed by atoms with Gasteiger partial charge < -0.3 is 10.4 Å². The standard InChI is InChI=1S/C22H25FN4O4.C2HF3O2/c23-15-6-5-14-18(19(15)24-12-9-10-26(11-12)13-3-1-2-4-13)22(31)27(21(14)30)16-7-8-17(28)25-20(16)29;3-2(4,5)1(6)7/h5-6,12-13,16,24H,1-4,7-11H2,(H,25,28,29);(H,6,7). The summed E-state index contributed by atoms with van der Waals surface area (Å²) < 4.78 is 46.5. The number of halogens is 4. The molecular formula is C24H26F4N4O6. The van der Waals surface area contributed by atoms with Crippen molar-refractivity contribution in [2.24, 2.45) is 0 Å². The molecule has 2 atom stereocenters. The number of alkyl halides is 3. The maximum atomic E-state index is 14.8. The van der Waals surface area contributed by atoms with Crippen molar-refractivity contribution in [2.45, 2.75) is 69.2 Å². The van der Waals surface area contributed by atoms with Crippen molar-refractivity contribution in [3.05, 3.63) is 29.1 Å². The minimum absolute atomic E-state index is 0.0193. The fraction of sp³-hybridized carbons (Fsp3) is 0.542. The molecule has 1 aromatic carbocycles. The molecule has 4 aliphatic rings. The number of aliphatic carboxylic acids is 1. The Balaban J connectivity index is 0.000000426. The van der Waals surface area contributed by atoms with Crippen molar-refractivity contribution in [2.75, 3.05) is 18.4 Å². The number of imide groups is 2. The third kappa shape index (κ3) is 5.49. The van der Waals surface area contributed by atoms with Crippen LogP contribution < -0.4 is 10.6 Å². The van der Waals surface area contributed by atoms with Crippen LogP contribution in [-0.4, -0.2) is 81.9 Å². The number of carboxylic acid groups (broad SMARTS) is 1. The van der Waals surface area contributed by atoms with E-state index in [1.165, 1.54) is 37.8 Å². The normalized spacial score (nSPS) is 24.3. The summed E-state index contributed by atoms with van der Waals surface area (Å²) in [6.07, 6.45) is 0.729. The van der Waals surface area contributed by atoms with E-state index < -0.39 is 47.6 Å². The van der Waals surface area contributed by atoms with Gasteiger partial charge >= 0.3 is 12.1 Å². The van der Waals surface area contributed by atoms with Crippen molar-refractivity contribution in [1.29, 1.82) is 0 Å². The SMILES string of the molecule is O=C(O)C(F)(F)F.O=C1CCC(N2C(=O)c3ccc(F)c(NC4CCN(C5CCCC5)C4)c3C2=O)C(=O)N1. The highest BCUT2D eigenvalue weighted by atomic mass is 19.4. The van der Waals surface area contributed by atoms with Crippen LogP contribution in [0.25, 0.3) is 0 Å². The first-order valence-corrected chi connectivity index (χ1v) is 12.2. The quantitative estimate of drug-likeness (QED) is 0.390. The molecule has 0 bridgehead atoms. The van der Waals surface area contributed by atoms with Gasteiger partial charge in [-0.2, -0.15) is 13.2 Å². The largest absolute Gasteiger partial charge is 0.490 e. The van der Waals surface area contributed by atoms with E-state index in [-0.39, 0.29) is 35.7 Å². The van der Waals surface area contributed by atoms with Crippen molar-refractivity contribution in [3.63, 3.8) is 0 Å². The average molecular weight is 542 g/mol. The third-order valence-corrected chi connectivity index (χ3v) is 7.21. The molecular weight excluding hydrogens is 516 g/mol.